The van der Waals surface area contributed by atoms with Gasteiger partial charge >= 0.3 is 6.36 Å². The van der Waals surface area contributed by atoms with Crippen molar-refractivity contribution in [3.8, 4) is 0 Å². The molecule has 1 aliphatic carbocycles. The fourth-order valence-electron chi connectivity index (χ4n) is 1.11. The maximum atomic E-state index is 11.8. The third-order valence-corrected chi connectivity index (χ3v) is 1.83. The van der Waals surface area contributed by atoms with Crippen LogP contribution in [0.15, 0.2) is 35.6 Å². The van der Waals surface area contributed by atoms with E-state index in [0.717, 1.165) is 12.0 Å². The molecule has 0 fully saturated rings. The highest BCUT2D eigenvalue weighted by atomic mass is 19.4. The Kier molecular flexibility index (Phi) is 3.38. The maximum Gasteiger partial charge on any atom is 0.573 e. The Morgan fingerprint density at radius 2 is 2.07 bits per heavy atom. The minimum Gasteiger partial charge on any atom is -0.406 e. The molecular formula is C10H11F3O. The van der Waals surface area contributed by atoms with Crippen molar-refractivity contribution in [2.24, 2.45) is 0 Å². The maximum absolute atomic E-state index is 11.8. The number of hydrogen-bond acceptors (Lipinski definition) is 1. The Labute approximate surface area is 80.6 Å². The second-order valence-corrected chi connectivity index (χ2v) is 2.90. The van der Waals surface area contributed by atoms with E-state index in [9.17, 15) is 13.2 Å². The molecule has 78 valence electrons. The monoisotopic (exact) mass is 204 g/mol. The minimum atomic E-state index is -4.61. The molecule has 0 aromatic carbocycles. The molecule has 0 saturated heterocycles. The van der Waals surface area contributed by atoms with Gasteiger partial charge < -0.3 is 4.74 Å². The van der Waals surface area contributed by atoms with Gasteiger partial charge in [-0.05, 0) is 25.0 Å². The van der Waals surface area contributed by atoms with Crippen molar-refractivity contribution in [1.29, 1.82) is 0 Å². The SMILES string of the molecule is CCC1=CC=C(OC(F)(F)F)C=CC1. The summed E-state index contributed by atoms with van der Waals surface area (Å²) in [7, 11) is 0. The zero-order chi connectivity index (χ0) is 10.6. The van der Waals surface area contributed by atoms with Crippen LogP contribution in [-0.2, 0) is 4.74 Å². The summed E-state index contributed by atoms with van der Waals surface area (Å²) in [6.07, 6.45) is 2.92. The van der Waals surface area contributed by atoms with E-state index in [2.05, 4.69) is 4.74 Å². The summed E-state index contributed by atoms with van der Waals surface area (Å²) in [4.78, 5) is 0. The van der Waals surface area contributed by atoms with Crippen molar-refractivity contribution in [1.82, 2.24) is 0 Å². The van der Waals surface area contributed by atoms with Crippen molar-refractivity contribution < 1.29 is 17.9 Å². The fraction of sp³-hybridized carbons (Fsp3) is 0.400. The number of halogens is 3. The lowest BCUT2D eigenvalue weighted by molar-refractivity contribution is -0.303. The summed E-state index contributed by atoms with van der Waals surface area (Å²) < 4.78 is 39.3. The number of rotatable bonds is 2. The molecule has 0 aromatic heterocycles. The molecule has 0 spiro atoms. The normalized spacial score (nSPS) is 17.1. The van der Waals surface area contributed by atoms with Crippen LogP contribution >= 0.6 is 0 Å². The van der Waals surface area contributed by atoms with Crippen molar-refractivity contribution in [3.05, 3.63) is 35.6 Å². The predicted molar refractivity (Wildman–Crippen MR) is 47.4 cm³/mol. The standard InChI is InChI=1S/C10H11F3O/c1-2-8-4-3-5-9(7-6-8)14-10(11,12)13/h3,5-7H,2,4H2,1H3. The largest absolute Gasteiger partial charge is 0.573 e. The molecule has 1 aliphatic rings. The van der Waals surface area contributed by atoms with Crippen molar-refractivity contribution >= 4 is 0 Å². The van der Waals surface area contributed by atoms with Gasteiger partial charge in [-0.1, -0.05) is 24.6 Å². The molecule has 0 aromatic rings. The van der Waals surface area contributed by atoms with Gasteiger partial charge in [0.2, 0.25) is 0 Å². The first-order valence-corrected chi connectivity index (χ1v) is 4.33. The van der Waals surface area contributed by atoms with E-state index in [1.807, 2.05) is 6.92 Å². The third-order valence-electron chi connectivity index (χ3n) is 1.83. The molecule has 0 aliphatic heterocycles. The zero-order valence-electron chi connectivity index (χ0n) is 7.77. The average Bonchev–Trinajstić information content (AvgIpc) is 2.27. The average molecular weight is 204 g/mol. The van der Waals surface area contributed by atoms with Gasteiger partial charge in [0.1, 0.15) is 5.76 Å². The minimum absolute atomic E-state index is 0.166. The van der Waals surface area contributed by atoms with Crippen LogP contribution in [0.4, 0.5) is 13.2 Å². The van der Waals surface area contributed by atoms with Gasteiger partial charge in [-0.3, -0.25) is 0 Å². The van der Waals surface area contributed by atoms with E-state index in [-0.39, 0.29) is 5.76 Å². The summed E-state index contributed by atoms with van der Waals surface area (Å²) in [5, 5.41) is 0. The van der Waals surface area contributed by atoms with Crippen LogP contribution in [0.5, 0.6) is 0 Å². The second-order valence-electron chi connectivity index (χ2n) is 2.90. The summed E-state index contributed by atoms with van der Waals surface area (Å²) in [6.45, 7) is 1.96. The highest BCUT2D eigenvalue weighted by molar-refractivity contribution is 5.27. The molecule has 0 N–H and O–H groups in total. The summed E-state index contributed by atoms with van der Waals surface area (Å²) in [5.41, 5.74) is 1.09. The van der Waals surface area contributed by atoms with Crippen molar-refractivity contribution in [3.63, 3.8) is 0 Å². The van der Waals surface area contributed by atoms with Gasteiger partial charge in [0, 0.05) is 0 Å². The molecule has 4 heteroatoms. The summed E-state index contributed by atoms with van der Waals surface area (Å²) in [5.74, 6) is -0.166. The van der Waals surface area contributed by atoms with Crippen LogP contribution in [0.2, 0.25) is 0 Å². The molecule has 0 atom stereocenters. The van der Waals surface area contributed by atoms with E-state index >= 15 is 0 Å². The molecule has 0 bridgehead atoms. The molecule has 0 unspecified atom stereocenters. The lowest BCUT2D eigenvalue weighted by Gasteiger charge is -2.08. The van der Waals surface area contributed by atoms with Crippen LogP contribution in [0.1, 0.15) is 19.8 Å². The number of allylic oxidation sites excluding steroid dienone is 5. The van der Waals surface area contributed by atoms with Crippen LogP contribution in [0.25, 0.3) is 0 Å². The van der Waals surface area contributed by atoms with Gasteiger partial charge in [-0.15, -0.1) is 13.2 Å². The molecule has 0 amide bonds. The Bertz CT molecular complexity index is 284. The number of alkyl halides is 3. The van der Waals surface area contributed by atoms with E-state index in [1.165, 1.54) is 12.2 Å². The molecule has 1 rings (SSSR count). The van der Waals surface area contributed by atoms with E-state index in [4.69, 9.17) is 0 Å². The zero-order valence-corrected chi connectivity index (χ0v) is 7.77. The Hall–Kier alpha value is -1.19. The molecule has 0 heterocycles. The summed E-state index contributed by atoms with van der Waals surface area (Å²) in [6, 6.07) is 0. The van der Waals surface area contributed by atoms with Crippen LogP contribution in [0.3, 0.4) is 0 Å². The first kappa shape index (κ1) is 10.9. The third kappa shape index (κ3) is 3.68. The lowest BCUT2D eigenvalue weighted by atomic mass is 10.1. The quantitative estimate of drug-likeness (QED) is 0.666. The van der Waals surface area contributed by atoms with Crippen LogP contribution < -0.4 is 0 Å². The van der Waals surface area contributed by atoms with E-state index in [1.54, 1.807) is 12.2 Å². The second kappa shape index (κ2) is 4.35. The molecule has 0 radical (unpaired) electrons. The first-order chi connectivity index (χ1) is 6.51. The van der Waals surface area contributed by atoms with Crippen LogP contribution in [0, 0.1) is 0 Å². The lowest BCUT2D eigenvalue weighted by Crippen LogP contribution is -2.11. The van der Waals surface area contributed by atoms with Crippen molar-refractivity contribution in [2.75, 3.05) is 0 Å². The van der Waals surface area contributed by atoms with Gasteiger partial charge in [0.25, 0.3) is 0 Å². The Morgan fingerprint density at radius 3 is 2.64 bits per heavy atom. The van der Waals surface area contributed by atoms with Crippen molar-refractivity contribution in [2.45, 2.75) is 26.1 Å². The van der Waals surface area contributed by atoms with E-state index in [0.29, 0.717) is 6.42 Å². The van der Waals surface area contributed by atoms with Gasteiger partial charge in [0.15, 0.2) is 0 Å². The highest BCUT2D eigenvalue weighted by Crippen LogP contribution is 2.23. The molecule has 14 heavy (non-hydrogen) atoms. The fourth-order valence-corrected chi connectivity index (χ4v) is 1.11. The highest BCUT2D eigenvalue weighted by Gasteiger charge is 2.31. The first-order valence-electron chi connectivity index (χ1n) is 4.33. The number of ether oxygens (including phenoxy) is 1. The van der Waals surface area contributed by atoms with Crippen LogP contribution in [-0.4, -0.2) is 6.36 Å². The van der Waals surface area contributed by atoms with Gasteiger partial charge in [-0.25, -0.2) is 0 Å². The Morgan fingerprint density at radius 1 is 1.36 bits per heavy atom. The molecular weight excluding hydrogens is 193 g/mol. The van der Waals surface area contributed by atoms with E-state index < -0.39 is 6.36 Å². The van der Waals surface area contributed by atoms with Gasteiger partial charge in [0.05, 0.1) is 0 Å². The molecule has 1 nitrogen and oxygen atoms in total. The van der Waals surface area contributed by atoms with Gasteiger partial charge in [-0.2, -0.15) is 0 Å². The predicted octanol–water partition coefficient (Wildman–Crippen LogP) is 3.70. The molecule has 0 saturated carbocycles. The Balaban J connectivity index is 2.71. The smallest absolute Gasteiger partial charge is 0.406 e. The number of hydrogen-bond donors (Lipinski definition) is 0. The summed E-state index contributed by atoms with van der Waals surface area (Å²) >= 11 is 0. The topological polar surface area (TPSA) is 9.23 Å².